The number of primary amides is 1. The Morgan fingerprint density at radius 2 is 1.81 bits per heavy atom. The topological polar surface area (TPSA) is 113 Å². The van der Waals surface area contributed by atoms with Gasteiger partial charge in [-0.2, -0.15) is 0 Å². The van der Waals surface area contributed by atoms with Crippen molar-refractivity contribution in [2.24, 2.45) is 5.73 Å². The summed E-state index contributed by atoms with van der Waals surface area (Å²) >= 11 is 0. The van der Waals surface area contributed by atoms with Gasteiger partial charge in [-0.05, 0) is 29.8 Å². The van der Waals surface area contributed by atoms with Crippen molar-refractivity contribution >= 4 is 17.4 Å². The number of imidazole rings is 1. The van der Waals surface area contributed by atoms with Gasteiger partial charge in [0.1, 0.15) is 0 Å². The van der Waals surface area contributed by atoms with Crippen molar-refractivity contribution in [1.29, 1.82) is 0 Å². The van der Waals surface area contributed by atoms with Gasteiger partial charge in [-0.1, -0.05) is 12.1 Å². The first-order chi connectivity index (χ1) is 15.5. The van der Waals surface area contributed by atoms with Gasteiger partial charge >= 0.3 is 0 Å². The second kappa shape index (κ2) is 8.84. The van der Waals surface area contributed by atoms with E-state index in [2.05, 4.69) is 15.3 Å². The highest BCUT2D eigenvalue weighted by Crippen LogP contribution is 2.38. The van der Waals surface area contributed by atoms with Crippen LogP contribution in [0, 0.1) is 0 Å². The van der Waals surface area contributed by atoms with Crippen LogP contribution >= 0.6 is 0 Å². The van der Waals surface area contributed by atoms with E-state index in [1.165, 1.54) is 0 Å². The second-order valence-electron chi connectivity index (χ2n) is 6.95. The van der Waals surface area contributed by atoms with Crippen LogP contribution in [0.3, 0.4) is 0 Å². The molecule has 32 heavy (non-hydrogen) atoms. The molecule has 0 saturated heterocycles. The lowest BCUT2D eigenvalue weighted by Crippen LogP contribution is -2.11. The molecule has 1 amide bonds. The van der Waals surface area contributed by atoms with E-state index in [0.29, 0.717) is 40.8 Å². The summed E-state index contributed by atoms with van der Waals surface area (Å²) in [4.78, 5) is 20.6. The van der Waals surface area contributed by atoms with Crippen molar-refractivity contribution < 1.29 is 19.0 Å². The standard InChI is InChI=1S/C23H23N5O4/c1-30-18-9-14(10-19(31-2)20(18)32-3)12-26-22-23-25-7-8-28(23)17(13-27-22)15-5-4-6-16(11-15)21(24)29/h4-11,13H,12H2,1-3H3,(H2,24,29)(H,26,27). The number of carbonyl (C=O) groups excluding carboxylic acids is 1. The lowest BCUT2D eigenvalue weighted by Gasteiger charge is -2.15. The number of hydrogen-bond acceptors (Lipinski definition) is 7. The summed E-state index contributed by atoms with van der Waals surface area (Å²) in [6.07, 6.45) is 5.27. The van der Waals surface area contributed by atoms with E-state index < -0.39 is 5.91 Å². The molecular formula is C23H23N5O4. The van der Waals surface area contributed by atoms with Crippen LogP contribution in [-0.4, -0.2) is 41.6 Å². The van der Waals surface area contributed by atoms with Gasteiger partial charge in [0.05, 0.1) is 33.2 Å². The van der Waals surface area contributed by atoms with E-state index in [0.717, 1.165) is 16.8 Å². The molecule has 2 heterocycles. The zero-order valence-corrected chi connectivity index (χ0v) is 18.0. The van der Waals surface area contributed by atoms with Crippen LogP contribution in [0.15, 0.2) is 55.0 Å². The summed E-state index contributed by atoms with van der Waals surface area (Å²) in [5.41, 5.74) is 9.03. The molecule has 2 aromatic heterocycles. The molecule has 0 fully saturated rings. The van der Waals surface area contributed by atoms with Gasteiger partial charge in [0.25, 0.3) is 0 Å². The van der Waals surface area contributed by atoms with Crippen molar-refractivity contribution in [2.45, 2.75) is 6.54 Å². The fourth-order valence-corrected chi connectivity index (χ4v) is 3.51. The molecule has 3 N–H and O–H groups in total. The summed E-state index contributed by atoms with van der Waals surface area (Å²) in [5, 5.41) is 3.32. The summed E-state index contributed by atoms with van der Waals surface area (Å²) in [6.45, 7) is 0.461. The van der Waals surface area contributed by atoms with Gasteiger partial charge in [-0.15, -0.1) is 0 Å². The van der Waals surface area contributed by atoms with Crippen LogP contribution in [0.2, 0.25) is 0 Å². The third-order valence-electron chi connectivity index (χ3n) is 5.06. The number of hydrogen-bond donors (Lipinski definition) is 2. The normalized spacial score (nSPS) is 10.7. The van der Waals surface area contributed by atoms with Gasteiger partial charge in [0.15, 0.2) is 23.0 Å². The van der Waals surface area contributed by atoms with Crippen LogP contribution in [0.5, 0.6) is 17.2 Å². The molecular weight excluding hydrogens is 410 g/mol. The highest BCUT2D eigenvalue weighted by molar-refractivity contribution is 5.94. The number of ether oxygens (including phenoxy) is 3. The average molecular weight is 433 g/mol. The molecule has 4 aromatic rings. The van der Waals surface area contributed by atoms with E-state index in [-0.39, 0.29) is 0 Å². The Labute approximate surface area is 184 Å². The molecule has 9 heteroatoms. The maximum atomic E-state index is 11.6. The minimum atomic E-state index is -0.481. The first-order valence-corrected chi connectivity index (χ1v) is 9.80. The number of methoxy groups -OCH3 is 3. The molecule has 0 aliphatic heterocycles. The number of benzene rings is 2. The number of nitrogens with two attached hydrogens (primary N) is 1. The SMILES string of the molecule is COc1cc(CNc2ncc(-c3cccc(C(N)=O)c3)n3ccnc23)cc(OC)c1OC. The van der Waals surface area contributed by atoms with Crippen LogP contribution in [0.1, 0.15) is 15.9 Å². The molecule has 0 unspecified atom stereocenters. The van der Waals surface area contributed by atoms with Crippen LogP contribution in [-0.2, 0) is 6.54 Å². The van der Waals surface area contributed by atoms with Crippen molar-refractivity contribution in [3.05, 3.63) is 66.1 Å². The van der Waals surface area contributed by atoms with Gasteiger partial charge in [-0.25, -0.2) is 9.97 Å². The van der Waals surface area contributed by atoms with Gasteiger partial charge in [0.2, 0.25) is 11.7 Å². The fourth-order valence-electron chi connectivity index (χ4n) is 3.51. The third-order valence-corrected chi connectivity index (χ3v) is 5.06. The number of nitrogens with one attached hydrogen (secondary N) is 1. The second-order valence-corrected chi connectivity index (χ2v) is 6.95. The fraction of sp³-hybridized carbons (Fsp3) is 0.174. The molecule has 2 aromatic carbocycles. The zero-order chi connectivity index (χ0) is 22.7. The van der Waals surface area contributed by atoms with Gasteiger partial charge in [-0.3, -0.25) is 9.20 Å². The minimum Gasteiger partial charge on any atom is -0.493 e. The summed E-state index contributed by atoms with van der Waals surface area (Å²) in [7, 11) is 4.73. The zero-order valence-electron chi connectivity index (χ0n) is 18.0. The van der Waals surface area contributed by atoms with Crippen molar-refractivity contribution in [1.82, 2.24) is 14.4 Å². The van der Waals surface area contributed by atoms with Crippen molar-refractivity contribution in [3.63, 3.8) is 0 Å². The van der Waals surface area contributed by atoms with Crippen LogP contribution in [0.4, 0.5) is 5.82 Å². The molecule has 0 radical (unpaired) electrons. The first kappa shape index (κ1) is 21.0. The number of rotatable bonds is 8. The predicted molar refractivity (Wildman–Crippen MR) is 120 cm³/mol. The lowest BCUT2D eigenvalue weighted by molar-refractivity contribution is 0.100. The highest BCUT2D eigenvalue weighted by Gasteiger charge is 2.15. The van der Waals surface area contributed by atoms with Gasteiger partial charge in [0, 0.05) is 30.1 Å². The highest BCUT2D eigenvalue weighted by atomic mass is 16.5. The van der Waals surface area contributed by atoms with Crippen molar-refractivity contribution in [2.75, 3.05) is 26.6 Å². The molecule has 0 spiro atoms. The monoisotopic (exact) mass is 433 g/mol. The largest absolute Gasteiger partial charge is 0.493 e. The van der Waals surface area contributed by atoms with E-state index >= 15 is 0 Å². The summed E-state index contributed by atoms with van der Waals surface area (Å²) < 4.78 is 18.1. The quantitative estimate of drug-likeness (QED) is 0.439. The Hall–Kier alpha value is -4.27. The van der Waals surface area contributed by atoms with E-state index in [1.807, 2.05) is 28.8 Å². The Morgan fingerprint density at radius 3 is 2.47 bits per heavy atom. The number of carbonyl (C=O) groups is 1. The molecule has 0 atom stereocenters. The Bertz CT molecular complexity index is 1260. The van der Waals surface area contributed by atoms with Crippen molar-refractivity contribution in [3.8, 4) is 28.5 Å². The summed E-state index contributed by atoms with van der Waals surface area (Å²) in [6, 6.07) is 10.8. The molecule has 0 saturated carbocycles. The van der Waals surface area contributed by atoms with Gasteiger partial charge < -0.3 is 25.3 Å². The maximum absolute atomic E-state index is 11.6. The first-order valence-electron chi connectivity index (χ1n) is 9.80. The molecule has 0 aliphatic carbocycles. The van der Waals surface area contributed by atoms with E-state index in [9.17, 15) is 4.79 Å². The minimum absolute atomic E-state index is 0.431. The van der Waals surface area contributed by atoms with Crippen LogP contribution in [0.25, 0.3) is 16.9 Å². The Kier molecular flexibility index (Phi) is 5.80. The smallest absolute Gasteiger partial charge is 0.248 e. The van der Waals surface area contributed by atoms with Crippen LogP contribution < -0.4 is 25.3 Å². The number of fused-ring (bicyclic) bond motifs is 1. The lowest BCUT2D eigenvalue weighted by atomic mass is 10.1. The summed E-state index contributed by atoms with van der Waals surface area (Å²) in [5.74, 6) is 1.82. The molecule has 0 bridgehead atoms. The Balaban J connectivity index is 1.65. The number of nitrogens with zero attached hydrogens (tertiary/aromatic N) is 3. The number of aromatic nitrogens is 3. The predicted octanol–water partition coefficient (Wildman–Crippen LogP) is 3.13. The number of amides is 1. The number of anilines is 1. The average Bonchev–Trinajstić information content (AvgIpc) is 3.32. The molecule has 9 nitrogen and oxygen atoms in total. The van der Waals surface area contributed by atoms with E-state index in [4.69, 9.17) is 19.9 Å². The molecule has 164 valence electrons. The third kappa shape index (κ3) is 3.87. The molecule has 4 rings (SSSR count). The maximum Gasteiger partial charge on any atom is 0.248 e. The Morgan fingerprint density at radius 1 is 1.06 bits per heavy atom. The van der Waals surface area contributed by atoms with E-state index in [1.54, 1.807) is 51.9 Å². The molecule has 0 aliphatic rings.